The second-order valence-electron chi connectivity index (χ2n) is 4.44. The molecule has 2 aromatic rings. The Balaban J connectivity index is 1.65. The van der Waals surface area contributed by atoms with Crippen LogP contribution in [0.2, 0.25) is 0 Å². The lowest BCUT2D eigenvalue weighted by Crippen LogP contribution is -2.12. The molecule has 0 saturated carbocycles. The molecule has 5 nitrogen and oxygen atoms in total. The Kier molecular flexibility index (Phi) is 3.44. The molecule has 0 radical (unpaired) electrons. The molecule has 3 rings (SSSR count). The van der Waals surface area contributed by atoms with Crippen molar-refractivity contribution in [3.05, 3.63) is 39.6 Å². The van der Waals surface area contributed by atoms with Gasteiger partial charge in [0.1, 0.15) is 0 Å². The molecule has 0 amide bonds. The summed E-state index contributed by atoms with van der Waals surface area (Å²) >= 11 is 3.49. The van der Waals surface area contributed by atoms with Gasteiger partial charge < -0.3 is 14.8 Å². The number of aromatic amines is 1. The fourth-order valence-corrected chi connectivity index (χ4v) is 2.62. The topological polar surface area (TPSA) is 59.2 Å². The highest BCUT2D eigenvalue weighted by Crippen LogP contribution is 2.39. The predicted octanol–water partition coefficient (Wildman–Crippen LogP) is 2.50. The van der Waals surface area contributed by atoms with E-state index in [0.717, 1.165) is 40.3 Å². The number of aryl methyl sites for hydroxylation is 1. The van der Waals surface area contributed by atoms with E-state index in [1.54, 1.807) is 0 Å². The van der Waals surface area contributed by atoms with Gasteiger partial charge in [0.2, 0.25) is 6.79 Å². The number of rotatable bonds is 4. The molecule has 6 heteroatoms. The van der Waals surface area contributed by atoms with Crippen LogP contribution in [0.4, 0.5) is 0 Å². The molecule has 1 aromatic carbocycles. The van der Waals surface area contributed by atoms with Crippen molar-refractivity contribution in [2.45, 2.75) is 20.0 Å². The van der Waals surface area contributed by atoms with Crippen LogP contribution in [0.5, 0.6) is 11.5 Å². The molecule has 1 aliphatic heterocycles. The number of benzene rings is 1. The van der Waals surface area contributed by atoms with Crippen molar-refractivity contribution >= 4 is 15.9 Å². The average Bonchev–Trinajstić information content (AvgIpc) is 2.99. The Labute approximate surface area is 119 Å². The first-order valence-electron chi connectivity index (χ1n) is 6.01. The number of nitrogens with one attached hydrogen (secondary N) is 2. The lowest BCUT2D eigenvalue weighted by atomic mass is 10.2. The Morgan fingerprint density at radius 1 is 1.37 bits per heavy atom. The highest BCUT2D eigenvalue weighted by Gasteiger charge is 2.17. The SMILES string of the molecule is Cc1[nH]ncc1CNCc1cc(Br)c2c(c1)OCO2. The van der Waals surface area contributed by atoms with Crippen LogP contribution in [0.15, 0.2) is 22.8 Å². The molecule has 0 aliphatic carbocycles. The maximum Gasteiger partial charge on any atom is 0.231 e. The van der Waals surface area contributed by atoms with Crippen molar-refractivity contribution in [2.24, 2.45) is 0 Å². The van der Waals surface area contributed by atoms with Crippen molar-refractivity contribution in [2.75, 3.05) is 6.79 Å². The first kappa shape index (κ1) is 12.5. The van der Waals surface area contributed by atoms with Crippen LogP contribution >= 0.6 is 15.9 Å². The molecule has 0 bridgehead atoms. The molecule has 0 saturated heterocycles. The number of nitrogens with zero attached hydrogens (tertiary/aromatic N) is 1. The summed E-state index contributed by atoms with van der Waals surface area (Å²) in [6.45, 7) is 3.86. The van der Waals surface area contributed by atoms with E-state index >= 15 is 0 Å². The fourth-order valence-electron chi connectivity index (χ4n) is 2.02. The summed E-state index contributed by atoms with van der Waals surface area (Å²) in [5, 5.41) is 10.3. The summed E-state index contributed by atoms with van der Waals surface area (Å²) in [6, 6.07) is 4.05. The number of hydrogen-bond donors (Lipinski definition) is 2. The Hall–Kier alpha value is -1.53. The Bertz CT molecular complexity index is 598. The monoisotopic (exact) mass is 323 g/mol. The minimum Gasteiger partial charge on any atom is -0.454 e. The van der Waals surface area contributed by atoms with Crippen molar-refractivity contribution in [3.8, 4) is 11.5 Å². The standard InChI is InChI=1S/C13H14BrN3O2/c1-8-10(6-16-17-8)5-15-4-9-2-11(14)13-12(3-9)18-7-19-13/h2-3,6,15H,4-5,7H2,1H3,(H,16,17). The van der Waals surface area contributed by atoms with Crippen LogP contribution in [0, 0.1) is 6.92 Å². The van der Waals surface area contributed by atoms with Crippen LogP contribution < -0.4 is 14.8 Å². The van der Waals surface area contributed by atoms with Gasteiger partial charge in [-0.15, -0.1) is 0 Å². The third kappa shape index (κ3) is 2.59. The van der Waals surface area contributed by atoms with Gasteiger partial charge in [-0.3, -0.25) is 5.10 Å². The van der Waals surface area contributed by atoms with E-state index in [1.807, 2.05) is 25.3 Å². The lowest BCUT2D eigenvalue weighted by Gasteiger charge is -2.07. The van der Waals surface area contributed by atoms with E-state index in [-0.39, 0.29) is 0 Å². The summed E-state index contributed by atoms with van der Waals surface area (Å²) in [5.74, 6) is 1.58. The molecule has 0 atom stereocenters. The molecule has 0 fully saturated rings. The van der Waals surface area contributed by atoms with E-state index in [9.17, 15) is 0 Å². The zero-order valence-corrected chi connectivity index (χ0v) is 12.1. The molecule has 0 spiro atoms. The first-order chi connectivity index (χ1) is 9.24. The molecule has 1 aromatic heterocycles. The highest BCUT2D eigenvalue weighted by atomic mass is 79.9. The zero-order valence-electron chi connectivity index (χ0n) is 10.5. The highest BCUT2D eigenvalue weighted by molar-refractivity contribution is 9.10. The molecule has 100 valence electrons. The van der Waals surface area contributed by atoms with Gasteiger partial charge in [0.15, 0.2) is 11.5 Å². The third-order valence-corrected chi connectivity index (χ3v) is 3.65. The molecule has 2 N–H and O–H groups in total. The van der Waals surface area contributed by atoms with Crippen LogP contribution in [-0.4, -0.2) is 17.0 Å². The number of fused-ring (bicyclic) bond motifs is 1. The van der Waals surface area contributed by atoms with Crippen molar-refractivity contribution in [1.82, 2.24) is 15.5 Å². The maximum atomic E-state index is 5.40. The van der Waals surface area contributed by atoms with Crippen LogP contribution in [-0.2, 0) is 13.1 Å². The van der Waals surface area contributed by atoms with E-state index in [0.29, 0.717) is 6.79 Å². The van der Waals surface area contributed by atoms with Gasteiger partial charge >= 0.3 is 0 Å². The Morgan fingerprint density at radius 2 is 2.26 bits per heavy atom. The minimum absolute atomic E-state index is 0.291. The van der Waals surface area contributed by atoms with Crippen LogP contribution in [0.3, 0.4) is 0 Å². The third-order valence-electron chi connectivity index (χ3n) is 3.07. The molecular weight excluding hydrogens is 310 g/mol. The van der Waals surface area contributed by atoms with E-state index in [4.69, 9.17) is 9.47 Å². The fraction of sp³-hybridized carbons (Fsp3) is 0.308. The van der Waals surface area contributed by atoms with E-state index < -0.39 is 0 Å². The summed E-state index contributed by atoms with van der Waals surface area (Å²) in [4.78, 5) is 0. The van der Waals surface area contributed by atoms with Gasteiger partial charge in [0.25, 0.3) is 0 Å². The van der Waals surface area contributed by atoms with Gasteiger partial charge in [-0.2, -0.15) is 5.10 Å². The largest absolute Gasteiger partial charge is 0.454 e. The summed E-state index contributed by atoms with van der Waals surface area (Å²) < 4.78 is 11.7. The second-order valence-corrected chi connectivity index (χ2v) is 5.29. The number of H-pyrrole nitrogens is 1. The quantitative estimate of drug-likeness (QED) is 0.907. The van der Waals surface area contributed by atoms with Gasteiger partial charge in [0.05, 0.1) is 10.7 Å². The summed E-state index contributed by atoms with van der Waals surface area (Å²) in [5.41, 5.74) is 3.43. The molecular formula is C13H14BrN3O2. The number of aromatic nitrogens is 2. The average molecular weight is 324 g/mol. The second kappa shape index (κ2) is 5.22. The Morgan fingerprint density at radius 3 is 3.05 bits per heavy atom. The van der Waals surface area contributed by atoms with Gasteiger partial charge in [-0.1, -0.05) is 0 Å². The van der Waals surface area contributed by atoms with Crippen molar-refractivity contribution < 1.29 is 9.47 Å². The molecule has 0 unspecified atom stereocenters. The normalized spacial score (nSPS) is 12.9. The molecule has 2 heterocycles. The van der Waals surface area contributed by atoms with Crippen molar-refractivity contribution in [3.63, 3.8) is 0 Å². The van der Waals surface area contributed by atoms with Crippen molar-refractivity contribution in [1.29, 1.82) is 0 Å². The van der Waals surface area contributed by atoms with Gasteiger partial charge in [0, 0.05) is 24.3 Å². The zero-order chi connectivity index (χ0) is 13.2. The minimum atomic E-state index is 0.291. The smallest absolute Gasteiger partial charge is 0.231 e. The summed E-state index contributed by atoms with van der Waals surface area (Å²) in [7, 11) is 0. The van der Waals surface area contributed by atoms with Gasteiger partial charge in [-0.25, -0.2) is 0 Å². The van der Waals surface area contributed by atoms with Crippen LogP contribution in [0.25, 0.3) is 0 Å². The molecule has 1 aliphatic rings. The number of hydrogen-bond acceptors (Lipinski definition) is 4. The van der Waals surface area contributed by atoms with Gasteiger partial charge in [-0.05, 0) is 40.5 Å². The number of ether oxygens (including phenoxy) is 2. The van der Waals surface area contributed by atoms with E-state index in [2.05, 4.69) is 31.4 Å². The predicted molar refractivity (Wildman–Crippen MR) is 74.1 cm³/mol. The van der Waals surface area contributed by atoms with Crippen LogP contribution in [0.1, 0.15) is 16.8 Å². The van der Waals surface area contributed by atoms with E-state index in [1.165, 1.54) is 5.56 Å². The maximum absolute atomic E-state index is 5.40. The lowest BCUT2D eigenvalue weighted by molar-refractivity contribution is 0.173. The molecule has 19 heavy (non-hydrogen) atoms. The number of halogens is 1. The summed E-state index contributed by atoms with van der Waals surface area (Å²) in [6.07, 6.45) is 1.85. The first-order valence-corrected chi connectivity index (χ1v) is 6.81.